The Bertz CT molecular complexity index is 910. The Kier molecular flexibility index (Phi) is 8.03. The number of benzene rings is 1. The average Bonchev–Trinajstić information content (AvgIpc) is 3.15. The fourth-order valence-electron chi connectivity index (χ4n) is 2.60. The van der Waals surface area contributed by atoms with E-state index in [0.717, 1.165) is 16.8 Å². The van der Waals surface area contributed by atoms with Crippen LogP contribution >= 0.6 is 12.6 Å². The van der Waals surface area contributed by atoms with Crippen molar-refractivity contribution in [2.45, 2.75) is 13.5 Å². The number of carbonyl (C=O) groups is 1. The van der Waals surface area contributed by atoms with E-state index in [1.165, 1.54) is 0 Å². The van der Waals surface area contributed by atoms with Gasteiger partial charge in [-0.25, -0.2) is 4.79 Å². The third-order valence-electron chi connectivity index (χ3n) is 3.82. The van der Waals surface area contributed by atoms with E-state index in [0.29, 0.717) is 31.1 Å². The van der Waals surface area contributed by atoms with E-state index in [1.54, 1.807) is 54.4 Å². The van der Waals surface area contributed by atoms with Crippen molar-refractivity contribution in [2.75, 3.05) is 19.4 Å². The normalized spacial score (nSPS) is 10.1. The highest BCUT2D eigenvalue weighted by Gasteiger charge is 2.17. The third-order valence-corrected chi connectivity index (χ3v) is 3.82. The van der Waals surface area contributed by atoms with Crippen LogP contribution < -0.4 is 5.73 Å². The summed E-state index contributed by atoms with van der Waals surface area (Å²) < 4.78 is 6.66. The molecule has 0 radical (unpaired) electrons. The SMILES string of the molecule is CCOC(=O)c1cc(-c2ccnc(-c3ccc(O)cc3)c2)nn1CCN.CS. The maximum absolute atomic E-state index is 12.1. The monoisotopic (exact) mass is 400 g/mol. The summed E-state index contributed by atoms with van der Waals surface area (Å²) in [7, 11) is 0. The summed E-state index contributed by atoms with van der Waals surface area (Å²) in [5.74, 6) is -0.225. The van der Waals surface area contributed by atoms with E-state index < -0.39 is 5.97 Å². The lowest BCUT2D eigenvalue weighted by Crippen LogP contribution is -2.17. The van der Waals surface area contributed by atoms with E-state index in [4.69, 9.17) is 10.5 Å². The maximum Gasteiger partial charge on any atom is 0.356 e. The van der Waals surface area contributed by atoms with Gasteiger partial charge in [-0.3, -0.25) is 9.67 Å². The molecule has 28 heavy (non-hydrogen) atoms. The van der Waals surface area contributed by atoms with Gasteiger partial charge >= 0.3 is 5.97 Å². The second kappa shape index (κ2) is 10.5. The van der Waals surface area contributed by atoms with Gasteiger partial charge in [-0.2, -0.15) is 17.7 Å². The number of nitrogens with two attached hydrogens (primary N) is 1. The molecule has 0 amide bonds. The lowest BCUT2D eigenvalue weighted by molar-refractivity contribution is 0.0512. The number of phenols is 1. The zero-order valence-electron chi connectivity index (χ0n) is 15.9. The van der Waals surface area contributed by atoms with Crippen LogP contribution in [0.4, 0.5) is 0 Å². The Labute approximate surface area is 169 Å². The van der Waals surface area contributed by atoms with E-state index in [-0.39, 0.29) is 5.75 Å². The van der Waals surface area contributed by atoms with E-state index >= 15 is 0 Å². The second-order valence-corrected chi connectivity index (χ2v) is 5.62. The summed E-state index contributed by atoms with van der Waals surface area (Å²) in [6, 6.07) is 12.2. The number of esters is 1. The standard InChI is InChI=1S/C19H20N4O3.CH4S/c1-2-26-19(25)18-12-17(22-23(18)10-8-20)14-7-9-21-16(11-14)13-3-5-15(24)6-4-13;1-2/h3-7,9,11-12,24H,2,8,10,20H2,1H3;2H,1H3. The Hall–Kier alpha value is -2.84. The predicted molar refractivity (Wildman–Crippen MR) is 112 cm³/mol. The topological polar surface area (TPSA) is 103 Å². The molecule has 1 aromatic carbocycles. The van der Waals surface area contributed by atoms with Crippen molar-refractivity contribution in [1.29, 1.82) is 0 Å². The summed E-state index contributed by atoms with van der Waals surface area (Å²) in [4.78, 5) is 16.5. The Morgan fingerprint density at radius 1 is 1.14 bits per heavy atom. The van der Waals surface area contributed by atoms with Crippen molar-refractivity contribution in [3.63, 3.8) is 0 Å². The van der Waals surface area contributed by atoms with Crippen LogP contribution in [0.1, 0.15) is 17.4 Å². The van der Waals surface area contributed by atoms with Gasteiger partial charge in [0.1, 0.15) is 11.4 Å². The molecule has 0 fully saturated rings. The van der Waals surface area contributed by atoms with Gasteiger partial charge in [-0.15, -0.1) is 0 Å². The number of hydrogen-bond donors (Lipinski definition) is 3. The molecule has 148 valence electrons. The summed E-state index contributed by atoms with van der Waals surface area (Å²) in [6.07, 6.45) is 3.38. The molecule has 0 atom stereocenters. The Morgan fingerprint density at radius 3 is 2.50 bits per heavy atom. The number of aromatic hydroxyl groups is 1. The molecule has 0 unspecified atom stereocenters. The molecule has 3 rings (SSSR count). The number of ether oxygens (including phenoxy) is 1. The Balaban J connectivity index is 0.00000136. The molecule has 0 saturated carbocycles. The van der Waals surface area contributed by atoms with Gasteiger partial charge in [0.25, 0.3) is 0 Å². The van der Waals surface area contributed by atoms with Crippen molar-refractivity contribution in [3.8, 4) is 28.3 Å². The quantitative estimate of drug-likeness (QED) is 0.434. The number of rotatable bonds is 6. The highest BCUT2D eigenvalue weighted by molar-refractivity contribution is 7.79. The molecule has 0 spiro atoms. The molecule has 3 N–H and O–H groups in total. The molecule has 2 heterocycles. The zero-order valence-corrected chi connectivity index (χ0v) is 16.8. The number of phenolic OH excluding ortho intramolecular Hbond substituents is 1. The minimum atomic E-state index is -0.424. The zero-order chi connectivity index (χ0) is 20.5. The van der Waals surface area contributed by atoms with Crippen LogP contribution in [0.2, 0.25) is 0 Å². The van der Waals surface area contributed by atoms with Crippen molar-refractivity contribution in [3.05, 3.63) is 54.4 Å². The number of carbonyl (C=O) groups excluding carboxylic acids is 1. The highest BCUT2D eigenvalue weighted by atomic mass is 32.1. The molecule has 0 bridgehead atoms. The minimum absolute atomic E-state index is 0.199. The molecule has 0 aliphatic heterocycles. The van der Waals surface area contributed by atoms with Crippen LogP contribution in [-0.2, 0) is 11.3 Å². The van der Waals surface area contributed by atoms with Gasteiger partial charge in [0.2, 0.25) is 0 Å². The van der Waals surface area contributed by atoms with E-state index in [9.17, 15) is 9.90 Å². The van der Waals surface area contributed by atoms with Crippen LogP contribution in [0.25, 0.3) is 22.5 Å². The first kappa shape index (κ1) is 21.5. The highest BCUT2D eigenvalue weighted by Crippen LogP contribution is 2.25. The molecule has 7 nitrogen and oxygen atoms in total. The van der Waals surface area contributed by atoms with Gasteiger partial charge in [0, 0.05) is 23.9 Å². The number of aromatic nitrogens is 3. The lowest BCUT2D eigenvalue weighted by Gasteiger charge is -2.04. The van der Waals surface area contributed by atoms with Gasteiger partial charge in [0.15, 0.2) is 0 Å². The first-order chi connectivity index (χ1) is 13.6. The minimum Gasteiger partial charge on any atom is -0.508 e. The number of pyridine rings is 1. The van der Waals surface area contributed by atoms with Crippen molar-refractivity contribution in [1.82, 2.24) is 14.8 Å². The largest absolute Gasteiger partial charge is 0.508 e. The van der Waals surface area contributed by atoms with Crippen molar-refractivity contribution in [2.24, 2.45) is 5.73 Å². The van der Waals surface area contributed by atoms with Crippen LogP contribution in [0, 0.1) is 0 Å². The van der Waals surface area contributed by atoms with Crippen molar-refractivity contribution < 1.29 is 14.6 Å². The van der Waals surface area contributed by atoms with Gasteiger partial charge in [0.05, 0.1) is 24.5 Å². The molecule has 0 aliphatic carbocycles. The lowest BCUT2D eigenvalue weighted by atomic mass is 10.1. The van der Waals surface area contributed by atoms with Crippen LogP contribution in [0.15, 0.2) is 48.7 Å². The van der Waals surface area contributed by atoms with E-state index in [1.807, 2.05) is 12.1 Å². The molecule has 0 saturated heterocycles. The maximum atomic E-state index is 12.1. The molecule has 8 heteroatoms. The van der Waals surface area contributed by atoms with Crippen LogP contribution in [-0.4, -0.2) is 45.2 Å². The molecule has 0 aliphatic rings. The third kappa shape index (κ3) is 5.11. The fraction of sp³-hybridized carbons (Fsp3) is 0.250. The number of thiol groups is 1. The van der Waals surface area contributed by atoms with E-state index in [2.05, 4.69) is 22.7 Å². The second-order valence-electron chi connectivity index (χ2n) is 5.62. The first-order valence-electron chi connectivity index (χ1n) is 8.78. The summed E-state index contributed by atoms with van der Waals surface area (Å²) in [5.41, 5.74) is 9.07. The average molecular weight is 401 g/mol. The summed E-state index contributed by atoms with van der Waals surface area (Å²) in [5, 5.41) is 13.9. The fourth-order valence-corrected chi connectivity index (χ4v) is 2.60. The molecule has 3 aromatic rings. The predicted octanol–water partition coefficient (Wildman–Crippen LogP) is 3.00. The Morgan fingerprint density at radius 2 is 1.86 bits per heavy atom. The number of hydrogen-bond acceptors (Lipinski definition) is 7. The smallest absolute Gasteiger partial charge is 0.356 e. The summed E-state index contributed by atoms with van der Waals surface area (Å²) >= 11 is 3.53. The van der Waals surface area contributed by atoms with Gasteiger partial charge < -0.3 is 15.6 Å². The number of nitrogens with zero attached hydrogens (tertiary/aromatic N) is 3. The molecular formula is C20H24N4O3S. The molecular weight excluding hydrogens is 376 g/mol. The van der Waals surface area contributed by atoms with Gasteiger partial charge in [-0.05, 0) is 55.6 Å². The van der Waals surface area contributed by atoms with Gasteiger partial charge in [-0.1, -0.05) is 0 Å². The molecule has 2 aromatic heterocycles. The van der Waals surface area contributed by atoms with Crippen LogP contribution in [0.3, 0.4) is 0 Å². The van der Waals surface area contributed by atoms with Crippen LogP contribution in [0.5, 0.6) is 5.75 Å². The first-order valence-corrected chi connectivity index (χ1v) is 9.67. The van der Waals surface area contributed by atoms with Crippen molar-refractivity contribution >= 4 is 18.6 Å². The summed E-state index contributed by atoms with van der Waals surface area (Å²) in [6.45, 7) is 2.84.